The summed E-state index contributed by atoms with van der Waals surface area (Å²) in [6.07, 6.45) is 3.22. The molecule has 4 aromatic rings. The Bertz CT molecular complexity index is 1290. The summed E-state index contributed by atoms with van der Waals surface area (Å²) in [5.41, 5.74) is 4.25. The second-order valence-electron chi connectivity index (χ2n) is 9.49. The van der Waals surface area contributed by atoms with Gasteiger partial charge in [0.25, 0.3) is 0 Å². The fourth-order valence-corrected chi connectivity index (χ4v) is 4.66. The third-order valence-corrected chi connectivity index (χ3v) is 6.59. The maximum atomic E-state index is 13.1. The van der Waals surface area contributed by atoms with E-state index in [0.717, 1.165) is 40.9 Å². The number of rotatable bonds is 13. The molecule has 1 aromatic heterocycles. The summed E-state index contributed by atoms with van der Waals surface area (Å²) in [6.45, 7) is 4.06. The van der Waals surface area contributed by atoms with Crippen LogP contribution < -0.4 is 15.4 Å². The van der Waals surface area contributed by atoms with Crippen molar-refractivity contribution in [2.24, 2.45) is 0 Å². The monoisotopic (exact) mass is 499 g/mol. The van der Waals surface area contributed by atoms with Crippen LogP contribution in [0.15, 0.2) is 85.1 Å². The van der Waals surface area contributed by atoms with Crippen molar-refractivity contribution in [2.75, 3.05) is 13.7 Å². The number of aryl methyl sites for hydroxylation is 1. The molecule has 2 atom stereocenters. The van der Waals surface area contributed by atoms with Gasteiger partial charge in [0.2, 0.25) is 5.91 Å². The summed E-state index contributed by atoms with van der Waals surface area (Å²) in [4.78, 5) is 13.1. The molecule has 1 amide bonds. The number of amides is 1. The van der Waals surface area contributed by atoms with Gasteiger partial charge in [-0.25, -0.2) is 0 Å². The highest BCUT2D eigenvalue weighted by molar-refractivity contribution is 5.84. The quantitative estimate of drug-likeness (QED) is 0.254. The van der Waals surface area contributed by atoms with Gasteiger partial charge < -0.3 is 25.0 Å². The molecule has 0 radical (unpaired) electrons. The van der Waals surface area contributed by atoms with E-state index in [4.69, 9.17) is 4.74 Å². The van der Waals surface area contributed by atoms with Gasteiger partial charge in [0.05, 0.1) is 25.7 Å². The Kier molecular flexibility index (Phi) is 9.35. The standard InChI is InChI=1S/C31H37N3O3/c1-3-15-34-16-14-26-13-12-24(19-29(26)34)20-31(36)33-28(18-23-8-5-4-6-9-23)30(35)22-32-21-25-10-7-11-27(17-25)37-2/h4-14,16-17,19,28,30,32,35H,3,15,18,20-22H2,1-2H3,(H,33,36)/t28-,30+/m0/s1. The molecule has 0 aliphatic carbocycles. The van der Waals surface area contributed by atoms with Crippen LogP contribution in [0, 0.1) is 0 Å². The number of aromatic nitrogens is 1. The second-order valence-corrected chi connectivity index (χ2v) is 9.49. The van der Waals surface area contributed by atoms with Gasteiger partial charge in [-0.05, 0) is 59.2 Å². The van der Waals surface area contributed by atoms with Crippen LogP contribution in [-0.2, 0) is 30.7 Å². The predicted octanol–water partition coefficient (Wildman–Crippen LogP) is 4.48. The normalized spacial score (nSPS) is 12.8. The molecule has 3 N–H and O–H groups in total. The summed E-state index contributed by atoms with van der Waals surface area (Å²) in [5.74, 6) is 0.704. The number of hydrogen-bond acceptors (Lipinski definition) is 4. The van der Waals surface area contributed by atoms with Crippen molar-refractivity contribution >= 4 is 16.8 Å². The number of hydrogen-bond donors (Lipinski definition) is 3. The van der Waals surface area contributed by atoms with Gasteiger partial charge in [-0.3, -0.25) is 4.79 Å². The lowest BCUT2D eigenvalue weighted by molar-refractivity contribution is -0.122. The van der Waals surface area contributed by atoms with Crippen molar-refractivity contribution in [3.8, 4) is 5.75 Å². The molecule has 0 aliphatic heterocycles. The maximum Gasteiger partial charge on any atom is 0.224 e. The highest BCUT2D eigenvalue weighted by Crippen LogP contribution is 2.19. The molecule has 0 unspecified atom stereocenters. The Morgan fingerprint density at radius 1 is 0.973 bits per heavy atom. The largest absolute Gasteiger partial charge is 0.497 e. The first-order chi connectivity index (χ1) is 18.1. The fourth-order valence-electron chi connectivity index (χ4n) is 4.66. The minimum absolute atomic E-state index is 0.0966. The fraction of sp³-hybridized carbons (Fsp3) is 0.323. The van der Waals surface area contributed by atoms with E-state index >= 15 is 0 Å². The number of benzene rings is 3. The summed E-state index contributed by atoms with van der Waals surface area (Å²) >= 11 is 0. The van der Waals surface area contributed by atoms with Gasteiger partial charge in [-0.15, -0.1) is 0 Å². The molecule has 4 rings (SSSR count). The van der Waals surface area contributed by atoms with Crippen molar-refractivity contribution in [1.82, 2.24) is 15.2 Å². The number of nitrogens with zero attached hydrogens (tertiary/aromatic N) is 1. The lowest BCUT2D eigenvalue weighted by Crippen LogP contribution is -2.49. The number of aliphatic hydroxyl groups excluding tert-OH is 1. The van der Waals surface area contributed by atoms with E-state index in [2.05, 4.69) is 46.5 Å². The van der Waals surface area contributed by atoms with Crippen LogP contribution in [0.25, 0.3) is 10.9 Å². The van der Waals surface area contributed by atoms with E-state index in [0.29, 0.717) is 19.5 Å². The Morgan fingerprint density at radius 3 is 2.57 bits per heavy atom. The molecule has 0 spiro atoms. The minimum Gasteiger partial charge on any atom is -0.497 e. The average Bonchev–Trinajstić information content (AvgIpc) is 3.31. The SMILES string of the molecule is CCCn1ccc2ccc(CC(=O)N[C@@H](Cc3ccccc3)[C@H](O)CNCc3cccc(OC)c3)cc21. The van der Waals surface area contributed by atoms with Gasteiger partial charge in [0, 0.05) is 31.3 Å². The number of ether oxygens (including phenoxy) is 1. The molecular weight excluding hydrogens is 462 g/mol. The van der Waals surface area contributed by atoms with E-state index in [1.165, 1.54) is 5.39 Å². The zero-order valence-electron chi connectivity index (χ0n) is 21.7. The van der Waals surface area contributed by atoms with E-state index in [9.17, 15) is 9.90 Å². The number of aliphatic hydroxyl groups is 1. The average molecular weight is 500 g/mol. The topological polar surface area (TPSA) is 75.5 Å². The van der Waals surface area contributed by atoms with Crippen molar-refractivity contribution in [3.05, 3.63) is 102 Å². The Hall–Kier alpha value is -3.61. The summed E-state index contributed by atoms with van der Waals surface area (Å²) < 4.78 is 7.52. The highest BCUT2D eigenvalue weighted by Gasteiger charge is 2.22. The molecule has 0 saturated heterocycles. The molecule has 6 heteroatoms. The van der Waals surface area contributed by atoms with Crippen LogP contribution in [0.3, 0.4) is 0 Å². The van der Waals surface area contributed by atoms with Crippen LogP contribution in [0.1, 0.15) is 30.0 Å². The summed E-state index contributed by atoms with van der Waals surface area (Å²) in [6, 6.07) is 25.7. The molecule has 194 valence electrons. The third-order valence-electron chi connectivity index (χ3n) is 6.59. The maximum absolute atomic E-state index is 13.1. The number of fused-ring (bicyclic) bond motifs is 1. The molecule has 0 aliphatic rings. The number of methoxy groups -OCH3 is 1. The second kappa shape index (κ2) is 13.1. The molecule has 0 saturated carbocycles. The van der Waals surface area contributed by atoms with Crippen molar-refractivity contribution < 1.29 is 14.6 Å². The first-order valence-electron chi connectivity index (χ1n) is 13.0. The minimum atomic E-state index is -0.751. The zero-order valence-corrected chi connectivity index (χ0v) is 21.7. The number of carbonyl (C=O) groups is 1. The van der Waals surface area contributed by atoms with Gasteiger partial charge in [-0.1, -0.05) is 61.5 Å². The van der Waals surface area contributed by atoms with E-state index in [1.807, 2.05) is 60.7 Å². The van der Waals surface area contributed by atoms with Crippen LogP contribution >= 0.6 is 0 Å². The lowest BCUT2D eigenvalue weighted by Gasteiger charge is -2.25. The van der Waals surface area contributed by atoms with Crippen molar-refractivity contribution in [1.29, 1.82) is 0 Å². The van der Waals surface area contributed by atoms with E-state index in [-0.39, 0.29) is 12.3 Å². The molecule has 0 fully saturated rings. The Morgan fingerprint density at radius 2 is 1.78 bits per heavy atom. The van der Waals surface area contributed by atoms with Crippen molar-refractivity contribution in [2.45, 2.75) is 51.4 Å². The molecule has 37 heavy (non-hydrogen) atoms. The van der Waals surface area contributed by atoms with Gasteiger partial charge in [-0.2, -0.15) is 0 Å². The van der Waals surface area contributed by atoms with Crippen LogP contribution in [-0.4, -0.2) is 41.4 Å². The Labute approximate surface area is 219 Å². The zero-order chi connectivity index (χ0) is 26.0. The highest BCUT2D eigenvalue weighted by atomic mass is 16.5. The molecule has 1 heterocycles. The summed E-state index contributed by atoms with van der Waals surface area (Å²) in [7, 11) is 1.65. The molecule has 0 bridgehead atoms. The Balaban J connectivity index is 1.40. The summed E-state index contributed by atoms with van der Waals surface area (Å²) in [5, 5.41) is 18.7. The smallest absolute Gasteiger partial charge is 0.224 e. The van der Waals surface area contributed by atoms with E-state index < -0.39 is 12.1 Å². The lowest BCUT2D eigenvalue weighted by atomic mass is 10.00. The predicted molar refractivity (Wildman–Crippen MR) is 149 cm³/mol. The van der Waals surface area contributed by atoms with Crippen LogP contribution in [0.5, 0.6) is 5.75 Å². The van der Waals surface area contributed by atoms with E-state index in [1.54, 1.807) is 7.11 Å². The first kappa shape index (κ1) is 26.5. The number of nitrogens with one attached hydrogen (secondary N) is 2. The van der Waals surface area contributed by atoms with Crippen molar-refractivity contribution in [3.63, 3.8) is 0 Å². The van der Waals surface area contributed by atoms with Gasteiger partial charge >= 0.3 is 0 Å². The first-order valence-corrected chi connectivity index (χ1v) is 13.0. The third kappa shape index (κ3) is 7.44. The van der Waals surface area contributed by atoms with Crippen LogP contribution in [0.2, 0.25) is 0 Å². The molecule has 6 nitrogen and oxygen atoms in total. The number of carbonyl (C=O) groups excluding carboxylic acids is 1. The molecule has 3 aromatic carbocycles. The van der Waals surface area contributed by atoms with Crippen LogP contribution in [0.4, 0.5) is 0 Å². The molecular formula is C31H37N3O3. The van der Waals surface area contributed by atoms with Gasteiger partial charge in [0.15, 0.2) is 0 Å². The van der Waals surface area contributed by atoms with Gasteiger partial charge in [0.1, 0.15) is 5.75 Å².